The molecule has 0 aliphatic rings. The maximum absolute atomic E-state index is 13.5. The number of carbonyl (C=O) groups is 1. The van der Waals surface area contributed by atoms with E-state index in [1.54, 1.807) is 26.0 Å². The highest BCUT2D eigenvalue weighted by Crippen LogP contribution is 2.26. The van der Waals surface area contributed by atoms with Gasteiger partial charge >= 0.3 is 0 Å². The summed E-state index contributed by atoms with van der Waals surface area (Å²) < 4.78 is 45.9. The second-order valence-electron chi connectivity index (χ2n) is 6.86. The smallest absolute Gasteiger partial charge is 0.265 e. The third-order valence-electron chi connectivity index (χ3n) is 3.86. The van der Waals surface area contributed by atoms with Crippen molar-refractivity contribution >= 4 is 21.6 Å². The highest BCUT2D eigenvalue weighted by molar-refractivity contribution is 7.92. The maximum atomic E-state index is 13.5. The molecule has 3 N–H and O–H groups in total. The quantitative estimate of drug-likeness (QED) is 0.618. The molecule has 0 aliphatic carbocycles. The number of sulfonamides is 1. The van der Waals surface area contributed by atoms with E-state index in [-0.39, 0.29) is 35.3 Å². The zero-order valence-electron chi connectivity index (χ0n) is 15.8. The number of hydrogen-bond donors (Lipinski definition) is 3. The number of methoxy groups -OCH3 is 1. The van der Waals surface area contributed by atoms with Crippen molar-refractivity contribution in [1.82, 2.24) is 5.32 Å². The molecule has 0 atom stereocenters. The Morgan fingerprint density at radius 2 is 1.82 bits per heavy atom. The normalized spacial score (nSPS) is 11.8. The first-order chi connectivity index (χ1) is 13.1. The number of nitrogens with one attached hydrogen (secondary N) is 2. The topological polar surface area (TPSA) is 105 Å². The first-order valence-electron chi connectivity index (χ1n) is 8.43. The summed E-state index contributed by atoms with van der Waals surface area (Å²) in [5.74, 6) is -0.945. The lowest BCUT2D eigenvalue weighted by Crippen LogP contribution is -2.46. The summed E-state index contributed by atoms with van der Waals surface area (Å²) >= 11 is 0. The summed E-state index contributed by atoms with van der Waals surface area (Å²) in [7, 11) is -2.77. The van der Waals surface area contributed by atoms with Gasteiger partial charge in [-0.2, -0.15) is 0 Å². The van der Waals surface area contributed by atoms with Crippen LogP contribution in [0.15, 0.2) is 47.4 Å². The lowest BCUT2D eigenvalue weighted by atomic mass is 10.1. The summed E-state index contributed by atoms with van der Waals surface area (Å²) in [5.41, 5.74) is 0.195. The van der Waals surface area contributed by atoms with Crippen molar-refractivity contribution in [3.63, 3.8) is 0 Å². The first-order valence-corrected chi connectivity index (χ1v) is 9.92. The number of halogens is 1. The van der Waals surface area contributed by atoms with Gasteiger partial charge in [0.15, 0.2) is 0 Å². The molecule has 7 nitrogen and oxygen atoms in total. The van der Waals surface area contributed by atoms with Gasteiger partial charge in [-0.3, -0.25) is 9.52 Å². The fourth-order valence-electron chi connectivity index (χ4n) is 2.41. The van der Waals surface area contributed by atoms with E-state index in [9.17, 15) is 22.7 Å². The molecule has 0 aromatic heterocycles. The van der Waals surface area contributed by atoms with E-state index >= 15 is 0 Å². The molecule has 0 unspecified atom stereocenters. The molecule has 2 rings (SSSR count). The minimum atomic E-state index is -4.06. The van der Waals surface area contributed by atoms with Crippen molar-refractivity contribution < 1.29 is 27.4 Å². The van der Waals surface area contributed by atoms with E-state index in [1.807, 2.05) is 0 Å². The van der Waals surface area contributed by atoms with E-state index in [0.29, 0.717) is 5.56 Å². The molecule has 28 heavy (non-hydrogen) atoms. The molecular weight excluding hydrogens is 387 g/mol. The predicted octanol–water partition coefficient (Wildman–Crippen LogP) is 2.06. The molecule has 0 bridgehead atoms. The number of benzene rings is 2. The van der Waals surface area contributed by atoms with Crippen molar-refractivity contribution in [2.75, 3.05) is 18.4 Å². The van der Waals surface area contributed by atoms with Crippen LogP contribution in [0.2, 0.25) is 0 Å². The van der Waals surface area contributed by atoms with Crippen molar-refractivity contribution in [2.45, 2.75) is 30.7 Å². The van der Waals surface area contributed by atoms with Crippen LogP contribution in [0.4, 0.5) is 10.1 Å². The molecule has 0 aliphatic heterocycles. The Kier molecular flexibility index (Phi) is 6.63. The van der Waals surface area contributed by atoms with Gasteiger partial charge in [0, 0.05) is 5.69 Å². The van der Waals surface area contributed by atoms with E-state index in [1.165, 1.54) is 25.3 Å². The molecule has 0 heterocycles. The van der Waals surface area contributed by atoms with Gasteiger partial charge in [-0.15, -0.1) is 0 Å². The highest BCUT2D eigenvalue weighted by Gasteiger charge is 2.21. The third kappa shape index (κ3) is 5.67. The van der Waals surface area contributed by atoms with Crippen LogP contribution in [-0.4, -0.2) is 38.7 Å². The average Bonchev–Trinajstić information content (AvgIpc) is 2.62. The van der Waals surface area contributed by atoms with Gasteiger partial charge in [-0.05, 0) is 49.7 Å². The number of aliphatic hydroxyl groups is 1. The van der Waals surface area contributed by atoms with Crippen LogP contribution in [0, 0.1) is 5.82 Å². The van der Waals surface area contributed by atoms with Crippen molar-refractivity contribution in [2.24, 2.45) is 0 Å². The SMILES string of the molecule is COc1ccc(F)cc1S(=O)(=O)Nc1ccc(CC(=O)NC(C)(C)CO)cc1. The Morgan fingerprint density at radius 3 is 2.39 bits per heavy atom. The first kappa shape index (κ1) is 21.6. The number of carbonyl (C=O) groups excluding carboxylic acids is 1. The van der Waals surface area contributed by atoms with Crippen LogP contribution in [0.5, 0.6) is 5.75 Å². The van der Waals surface area contributed by atoms with E-state index in [0.717, 1.165) is 12.1 Å². The van der Waals surface area contributed by atoms with E-state index in [2.05, 4.69) is 10.0 Å². The van der Waals surface area contributed by atoms with Gasteiger partial charge in [0.1, 0.15) is 16.5 Å². The van der Waals surface area contributed by atoms with Crippen LogP contribution in [0.3, 0.4) is 0 Å². The monoisotopic (exact) mass is 410 g/mol. The molecular formula is C19H23FN2O5S. The summed E-state index contributed by atoms with van der Waals surface area (Å²) in [5, 5.41) is 11.9. The van der Waals surface area contributed by atoms with Crippen molar-refractivity contribution in [3.8, 4) is 5.75 Å². The molecule has 0 spiro atoms. The summed E-state index contributed by atoms with van der Waals surface area (Å²) in [6.45, 7) is 3.20. The predicted molar refractivity (Wildman–Crippen MR) is 103 cm³/mol. The second kappa shape index (κ2) is 8.57. The number of anilines is 1. The zero-order valence-corrected chi connectivity index (χ0v) is 16.6. The standard InChI is InChI=1S/C19H23FN2O5S/c1-19(2,12-23)21-18(24)10-13-4-7-15(8-5-13)22-28(25,26)17-11-14(20)6-9-16(17)27-3/h4-9,11,22-23H,10,12H2,1-3H3,(H,21,24). The highest BCUT2D eigenvalue weighted by atomic mass is 32.2. The molecule has 0 fully saturated rings. The number of amides is 1. The molecule has 0 saturated carbocycles. The number of ether oxygens (including phenoxy) is 1. The molecule has 152 valence electrons. The Morgan fingerprint density at radius 1 is 1.18 bits per heavy atom. The molecule has 1 amide bonds. The number of rotatable bonds is 8. The summed E-state index contributed by atoms with van der Waals surface area (Å²) in [6.07, 6.45) is 0.0776. The van der Waals surface area contributed by atoms with Gasteiger partial charge in [0.2, 0.25) is 5.91 Å². The van der Waals surface area contributed by atoms with Crippen molar-refractivity contribution in [1.29, 1.82) is 0 Å². The lowest BCUT2D eigenvalue weighted by Gasteiger charge is -2.23. The third-order valence-corrected chi connectivity index (χ3v) is 5.26. The summed E-state index contributed by atoms with van der Waals surface area (Å²) in [4.78, 5) is 11.7. The Balaban J connectivity index is 2.12. The largest absolute Gasteiger partial charge is 0.495 e. The second-order valence-corrected chi connectivity index (χ2v) is 8.52. The van der Waals surface area contributed by atoms with E-state index in [4.69, 9.17) is 4.74 Å². The molecule has 0 saturated heterocycles. The molecule has 2 aromatic rings. The minimum Gasteiger partial charge on any atom is -0.495 e. The number of hydrogen-bond acceptors (Lipinski definition) is 5. The average molecular weight is 410 g/mol. The van der Waals surface area contributed by atoms with Crippen LogP contribution < -0.4 is 14.8 Å². The zero-order chi connectivity index (χ0) is 20.9. The van der Waals surface area contributed by atoms with Gasteiger partial charge in [0.25, 0.3) is 10.0 Å². The Hall–Kier alpha value is -2.65. The molecule has 0 radical (unpaired) electrons. The molecule has 2 aromatic carbocycles. The van der Waals surface area contributed by atoms with Crippen LogP contribution >= 0.6 is 0 Å². The molecule has 9 heteroatoms. The van der Waals surface area contributed by atoms with Crippen LogP contribution in [0.25, 0.3) is 0 Å². The Labute approximate surface area is 163 Å². The Bertz CT molecular complexity index is 943. The van der Waals surface area contributed by atoms with Crippen LogP contribution in [-0.2, 0) is 21.2 Å². The fourth-order valence-corrected chi connectivity index (χ4v) is 3.65. The lowest BCUT2D eigenvalue weighted by molar-refractivity contribution is -0.122. The van der Waals surface area contributed by atoms with Crippen LogP contribution in [0.1, 0.15) is 19.4 Å². The van der Waals surface area contributed by atoms with Gasteiger partial charge in [-0.1, -0.05) is 12.1 Å². The fraction of sp³-hybridized carbons (Fsp3) is 0.316. The van der Waals surface area contributed by atoms with Gasteiger partial charge in [-0.25, -0.2) is 12.8 Å². The maximum Gasteiger partial charge on any atom is 0.265 e. The van der Waals surface area contributed by atoms with Crippen molar-refractivity contribution in [3.05, 3.63) is 53.8 Å². The number of aliphatic hydroxyl groups excluding tert-OH is 1. The van der Waals surface area contributed by atoms with E-state index < -0.39 is 21.4 Å². The van der Waals surface area contributed by atoms with Gasteiger partial charge < -0.3 is 15.2 Å². The van der Waals surface area contributed by atoms with Gasteiger partial charge in [0.05, 0.1) is 25.7 Å². The minimum absolute atomic E-state index is 0.0219. The summed E-state index contributed by atoms with van der Waals surface area (Å²) in [6, 6.07) is 9.43.